The summed E-state index contributed by atoms with van der Waals surface area (Å²) in [4.78, 5) is 14.2. The van der Waals surface area contributed by atoms with Crippen molar-refractivity contribution in [2.24, 2.45) is 0 Å². The van der Waals surface area contributed by atoms with Gasteiger partial charge in [0.2, 0.25) is 0 Å². The molecule has 126 valence electrons. The largest absolute Gasteiger partial charge is 0.445 e. The lowest BCUT2D eigenvalue weighted by Gasteiger charge is -2.24. The number of carbonyl (C=O) groups excluding carboxylic acids is 1. The Morgan fingerprint density at radius 2 is 1.96 bits per heavy atom. The van der Waals surface area contributed by atoms with Crippen molar-refractivity contribution in [1.82, 2.24) is 4.90 Å². The van der Waals surface area contributed by atoms with Gasteiger partial charge in [-0.05, 0) is 37.7 Å². The fraction of sp³-hybridized carbons (Fsp3) is 0.611. The van der Waals surface area contributed by atoms with Gasteiger partial charge in [0.15, 0.2) is 6.29 Å². The van der Waals surface area contributed by atoms with Crippen LogP contribution in [0.3, 0.4) is 0 Å². The van der Waals surface area contributed by atoms with E-state index in [-0.39, 0.29) is 12.4 Å². The molecule has 2 fully saturated rings. The SMILES string of the molecule is O=C(OCc1ccccc1)N1CCCC1CCCC1OCCO1. The monoisotopic (exact) mass is 319 g/mol. The molecule has 23 heavy (non-hydrogen) atoms. The van der Waals surface area contributed by atoms with Crippen LogP contribution < -0.4 is 0 Å². The smallest absolute Gasteiger partial charge is 0.410 e. The van der Waals surface area contributed by atoms with Gasteiger partial charge < -0.3 is 19.1 Å². The molecule has 0 bridgehead atoms. The van der Waals surface area contributed by atoms with Gasteiger partial charge in [-0.3, -0.25) is 0 Å². The Labute approximate surface area is 137 Å². The third-order valence-corrected chi connectivity index (χ3v) is 4.48. The van der Waals surface area contributed by atoms with Crippen LogP contribution in [0.1, 0.15) is 37.7 Å². The topological polar surface area (TPSA) is 48.0 Å². The van der Waals surface area contributed by atoms with Crippen molar-refractivity contribution >= 4 is 6.09 Å². The van der Waals surface area contributed by atoms with Crippen molar-refractivity contribution in [2.45, 2.75) is 51.0 Å². The highest BCUT2D eigenvalue weighted by Crippen LogP contribution is 2.24. The quantitative estimate of drug-likeness (QED) is 0.807. The van der Waals surface area contributed by atoms with Crippen molar-refractivity contribution in [3.05, 3.63) is 35.9 Å². The molecular formula is C18H25NO4. The van der Waals surface area contributed by atoms with E-state index in [0.29, 0.717) is 25.9 Å². The van der Waals surface area contributed by atoms with Crippen LogP contribution in [0.25, 0.3) is 0 Å². The summed E-state index contributed by atoms with van der Waals surface area (Å²) in [6.45, 7) is 2.54. The molecule has 2 heterocycles. The second-order valence-electron chi connectivity index (χ2n) is 6.13. The average Bonchev–Trinajstić information content (AvgIpc) is 3.25. The standard InChI is InChI=1S/C18H25NO4/c20-18(23-14-15-6-2-1-3-7-15)19-11-5-9-16(19)8-4-10-17-21-12-13-22-17/h1-3,6-7,16-17H,4-5,8-14H2. The van der Waals surface area contributed by atoms with Gasteiger partial charge in [0.1, 0.15) is 6.61 Å². The lowest BCUT2D eigenvalue weighted by Crippen LogP contribution is -2.36. The molecule has 5 heteroatoms. The van der Waals surface area contributed by atoms with Gasteiger partial charge in [-0.25, -0.2) is 4.79 Å². The second kappa shape index (κ2) is 8.31. The summed E-state index contributed by atoms with van der Waals surface area (Å²) in [5.41, 5.74) is 1.02. The first-order valence-electron chi connectivity index (χ1n) is 8.53. The second-order valence-corrected chi connectivity index (χ2v) is 6.13. The van der Waals surface area contributed by atoms with E-state index in [1.165, 1.54) is 0 Å². The highest BCUT2D eigenvalue weighted by molar-refractivity contribution is 5.68. The average molecular weight is 319 g/mol. The van der Waals surface area contributed by atoms with E-state index < -0.39 is 0 Å². The van der Waals surface area contributed by atoms with Crippen LogP contribution in [0.4, 0.5) is 4.79 Å². The van der Waals surface area contributed by atoms with E-state index >= 15 is 0 Å². The first-order chi connectivity index (χ1) is 11.3. The van der Waals surface area contributed by atoms with Gasteiger partial charge in [-0.15, -0.1) is 0 Å². The maximum Gasteiger partial charge on any atom is 0.410 e. The molecular weight excluding hydrogens is 294 g/mol. The minimum atomic E-state index is -0.190. The van der Waals surface area contributed by atoms with Crippen LogP contribution in [0.2, 0.25) is 0 Å². The maximum atomic E-state index is 12.3. The van der Waals surface area contributed by atoms with E-state index in [2.05, 4.69) is 0 Å². The van der Waals surface area contributed by atoms with Crippen LogP contribution in [0.15, 0.2) is 30.3 Å². The Morgan fingerprint density at radius 3 is 2.74 bits per heavy atom. The van der Waals surface area contributed by atoms with Gasteiger partial charge in [-0.1, -0.05) is 30.3 Å². The lowest BCUT2D eigenvalue weighted by molar-refractivity contribution is -0.0486. The highest BCUT2D eigenvalue weighted by Gasteiger charge is 2.29. The molecule has 3 rings (SSSR count). The molecule has 2 saturated heterocycles. The molecule has 2 aliphatic rings. The summed E-state index contributed by atoms with van der Waals surface area (Å²) in [7, 11) is 0. The summed E-state index contributed by atoms with van der Waals surface area (Å²) in [6.07, 6.45) is 4.79. The van der Waals surface area contributed by atoms with Crippen molar-refractivity contribution < 1.29 is 19.0 Å². The van der Waals surface area contributed by atoms with Crippen molar-refractivity contribution in [3.63, 3.8) is 0 Å². The molecule has 0 spiro atoms. The predicted octanol–water partition coefficient (Wildman–Crippen LogP) is 3.33. The molecule has 0 aliphatic carbocycles. The summed E-state index contributed by atoms with van der Waals surface area (Å²) in [5, 5.41) is 0. The summed E-state index contributed by atoms with van der Waals surface area (Å²) < 4.78 is 16.4. The zero-order chi connectivity index (χ0) is 15.9. The van der Waals surface area contributed by atoms with Crippen molar-refractivity contribution in [1.29, 1.82) is 0 Å². The Morgan fingerprint density at radius 1 is 1.17 bits per heavy atom. The molecule has 2 aliphatic heterocycles. The molecule has 1 aromatic rings. The molecule has 0 N–H and O–H groups in total. The van der Waals surface area contributed by atoms with Crippen molar-refractivity contribution in [3.8, 4) is 0 Å². The van der Waals surface area contributed by atoms with Crippen LogP contribution in [0, 0.1) is 0 Å². The normalized spacial score (nSPS) is 21.7. The zero-order valence-electron chi connectivity index (χ0n) is 13.5. The number of carbonyl (C=O) groups is 1. The molecule has 0 aromatic heterocycles. The summed E-state index contributed by atoms with van der Waals surface area (Å²) >= 11 is 0. The maximum absolute atomic E-state index is 12.3. The number of hydrogen-bond acceptors (Lipinski definition) is 4. The van der Waals surface area contributed by atoms with E-state index in [1.807, 2.05) is 35.2 Å². The van der Waals surface area contributed by atoms with Gasteiger partial charge >= 0.3 is 6.09 Å². The number of rotatable bonds is 6. The Hall–Kier alpha value is -1.59. The van der Waals surface area contributed by atoms with E-state index in [0.717, 1.165) is 44.2 Å². The lowest BCUT2D eigenvalue weighted by atomic mass is 10.1. The van der Waals surface area contributed by atoms with Gasteiger partial charge in [0, 0.05) is 12.6 Å². The van der Waals surface area contributed by atoms with Crippen LogP contribution >= 0.6 is 0 Å². The van der Waals surface area contributed by atoms with Crippen molar-refractivity contribution in [2.75, 3.05) is 19.8 Å². The van der Waals surface area contributed by atoms with E-state index in [4.69, 9.17) is 14.2 Å². The third-order valence-electron chi connectivity index (χ3n) is 4.48. The fourth-order valence-corrected chi connectivity index (χ4v) is 3.27. The summed E-state index contributed by atoms with van der Waals surface area (Å²) in [6, 6.07) is 10.1. The molecule has 5 nitrogen and oxygen atoms in total. The molecule has 1 atom stereocenters. The molecule has 1 unspecified atom stereocenters. The minimum Gasteiger partial charge on any atom is -0.445 e. The Kier molecular flexibility index (Phi) is 5.88. The summed E-state index contributed by atoms with van der Waals surface area (Å²) in [5.74, 6) is 0. The number of likely N-dealkylation sites (tertiary alicyclic amines) is 1. The van der Waals surface area contributed by atoms with Gasteiger partial charge in [0.05, 0.1) is 13.2 Å². The predicted molar refractivity (Wildman–Crippen MR) is 85.9 cm³/mol. The molecule has 0 radical (unpaired) electrons. The number of ether oxygens (including phenoxy) is 3. The van der Waals surface area contributed by atoms with Crippen LogP contribution in [0.5, 0.6) is 0 Å². The molecule has 1 amide bonds. The number of nitrogens with zero attached hydrogens (tertiary/aromatic N) is 1. The molecule has 1 aromatic carbocycles. The first kappa shape index (κ1) is 16.3. The minimum absolute atomic E-state index is 0.0464. The molecule has 0 saturated carbocycles. The number of benzene rings is 1. The third kappa shape index (κ3) is 4.69. The van der Waals surface area contributed by atoms with E-state index in [9.17, 15) is 4.79 Å². The first-order valence-corrected chi connectivity index (χ1v) is 8.53. The fourth-order valence-electron chi connectivity index (χ4n) is 3.27. The van der Waals surface area contributed by atoms with Crippen LogP contribution in [-0.4, -0.2) is 43.1 Å². The van der Waals surface area contributed by atoms with Gasteiger partial charge in [0.25, 0.3) is 0 Å². The van der Waals surface area contributed by atoms with E-state index in [1.54, 1.807) is 0 Å². The number of amides is 1. The van der Waals surface area contributed by atoms with Crippen LogP contribution in [-0.2, 0) is 20.8 Å². The highest BCUT2D eigenvalue weighted by atomic mass is 16.7. The Bertz CT molecular complexity index is 487. The number of hydrogen-bond donors (Lipinski definition) is 0. The zero-order valence-corrected chi connectivity index (χ0v) is 13.5. The Balaban J connectivity index is 1.41. The van der Waals surface area contributed by atoms with Gasteiger partial charge in [-0.2, -0.15) is 0 Å².